The molecule has 1 aromatic heterocycles. The van der Waals surface area contributed by atoms with Crippen LogP contribution in [0, 0.1) is 17.3 Å². The summed E-state index contributed by atoms with van der Waals surface area (Å²) in [6, 6.07) is 0. The molecule has 1 N–H and O–H groups in total. The molecule has 1 saturated carbocycles. The topological polar surface area (TPSA) is 28.7 Å². The molecule has 2 rings (SSSR count). The van der Waals surface area contributed by atoms with Crippen LogP contribution in [0.1, 0.15) is 52.3 Å². The average molecular weight is 269 g/mol. The van der Waals surface area contributed by atoms with Gasteiger partial charge in [-0.1, -0.05) is 20.8 Å². The summed E-state index contributed by atoms with van der Waals surface area (Å²) in [6.45, 7) is 7.08. The highest BCUT2D eigenvalue weighted by atomic mass is 35.5. The molecule has 3 heteroatoms. The summed E-state index contributed by atoms with van der Waals surface area (Å²) in [6.07, 6.45) is 9.75. The van der Waals surface area contributed by atoms with Gasteiger partial charge in [-0.25, -0.2) is 4.98 Å². The molecule has 1 atom stereocenters. The minimum atomic E-state index is 0.233. The van der Waals surface area contributed by atoms with Gasteiger partial charge in [0.2, 0.25) is 0 Å². The zero-order valence-electron chi connectivity index (χ0n) is 11.7. The molecule has 0 aromatic carbocycles. The summed E-state index contributed by atoms with van der Waals surface area (Å²) < 4.78 is 0. The van der Waals surface area contributed by atoms with Gasteiger partial charge in [0, 0.05) is 24.2 Å². The van der Waals surface area contributed by atoms with Crippen molar-refractivity contribution in [2.24, 2.45) is 17.3 Å². The van der Waals surface area contributed by atoms with Crippen LogP contribution in [-0.4, -0.2) is 15.3 Å². The summed E-state index contributed by atoms with van der Waals surface area (Å²) in [5.74, 6) is 2.55. The van der Waals surface area contributed by atoms with Gasteiger partial charge in [-0.05, 0) is 42.9 Å². The first kappa shape index (κ1) is 13.9. The minimum Gasteiger partial charge on any atom is -0.349 e. The predicted octanol–water partition coefficient (Wildman–Crippen LogP) is 4.41. The van der Waals surface area contributed by atoms with Gasteiger partial charge in [0.05, 0.1) is 0 Å². The van der Waals surface area contributed by atoms with Crippen LogP contribution in [0.5, 0.6) is 0 Å². The Hall–Kier alpha value is -0.500. The van der Waals surface area contributed by atoms with E-state index in [-0.39, 0.29) is 5.38 Å². The van der Waals surface area contributed by atoms with Crippen LogP contribution in [0.3, 0.4) is 0 Å². The Kier molecular flexibility index (Phi) is 4.37. The quantitative estimate of drug-likeness (QED) is 0.808. The van der Waals surface area contributed by atoms with E-state index >= 15 is 0 Å². The number of halogens is 1. The second-order valence-corrected chi connectivity index (χ2v) is 7.29. The number of aromatic nitrogens is 2. The van der Waals surface area contributed by atoms with Crippen LogP contribution < -0.4 is 0 Å². The molecule has 0 radical (unpaired) electrons. The summed E-state index contributed by atoms with van der Waals surface area (Å²) in [5, 5.41) is 0.233. The van der Waals surface area contributed by atoms with Gasteiger partial charge in [-0.2, -0.15) is 0 Å². The van der Waals surface area contributed by atoms with Gasteiger partial charge < -0.3 is 4.98 Å². The van der Waals surface area contributed by atoms with Crippen LogP contribution in [-0.2, 0) is 6.42 Å². The van der Waals surface area contributed by atoms with Gasteiger partial charge >= 0.3 is 0 Å². The monoisotopic (exact) mass is 268 g/mol. The van der Waals surface area contributed by atoms with E-state index in [9.17, 15) is 0 Å². The van der Waals surface area contributed by atoms with Crippen molar-refractivity contribution >= 4 is 11.6 Å². The first-order valence-electron chi connectivity index (χ1n) is 7.09. The molecular formula is C15H25ClN2. The number of aromatic amines is 1. The van der Waals surface area contributed by atoms with Crippen molar-refractivity contribution < 1.29 is 0 Å². The van der Waals surface area contributed by atoms with Crippen molar-refractivity contribution in [1.82, 2.24) is 9.97 Å². The minimum absolute atomic E-state index is 0.233. The van der Waals surface area contributed by atoms with E-state index in [1.807, 2.05) is 6.20 Å². The first-order chi connectivity index (χ1) is 8.47. The maximum absolute atomic E-state index is 6.55. The number of nitrogens with one attached hydrogen (secondary N) is 1. The van der Waals surface area contributed by atoms with E-state index in [4.69, 9.17) is 11.6 Å². The lowest BCUT2D eigenvalue weighted by atomic mass is 9.69. The van der Waals surface area contributed by atoms with E-state index in [0.717, 1.165) is 18.2 Å². The van der Waals surface area contributed by atoms with E-state index < -0.39 is 0 Å². The first-order valence-corrected chi connectivity index (χ1v) is 7.53. The number of hydrogen-bond acceptors (Lipinski definition) is 1. The fourth-order valence-electron chi connectivity index (χ4n) is 3.11. The normalized spacial score (nSPS) is 27.1. The fourth-order valence-corrected chi connectivity index (χ4v) is 3.51. The lowest BCUT2D eigenvalue weighted by Crippen LogP contribution is -2.29. The molecule has 1 aliphatic carbocycles. The third-order valence-corrected chi connectivity index (χ3v) is 4.96. The molecule has 1 aromatic rings. The lowest BCUT2D eigenvalue weighted by molar-refractivity contribution is 0.148. The largest absolute Gasteiger partial charge is 0.349 e. The third kappa shape index (κ3) is 3.50. The molecule has 18 heavy (non-hydrogen) atoms. The zero-order chi connectivity index (χ0) is 13.2. The smallest absolute Gasteiger partial charge is 0.107 e. The number of rotatable bonds is 3. The number of nitrogens with zero attached hydrogens (tertiary/aromatic N) is 1. The standard InChI is InChI=1S/C15H25ClN2/c1-15(2,3)12-6-4-11(5-7-12)13(16)10-14-17-8-9-18-14/h8-9,11-13H,4-7,10H2,1-3H3,(H,17,18). The summed E-state index contributed by atoms with van der Waals surface area (Å²) >= 11 is 6.55. The maximum atomic E-state index is 6.55. The maximum Gasteiger partial charge on any atom is 0.107 e. The van der Waals surface area contributed by atoms with E-state index in [0.29, 0.717) is 11.3 Å². The van der Waals surface area contributed by atoms with Crippen molar-refractivity contribution in [3.63, 3.8) is 0 Å². The van der Waals surface area contributed by atoms with Crippen LogP contribution in [0.25, 0.3) is 0 Å². The van der Waals surface area contributed by atoms with Crippen LogP contribution in [0.4, 0.5) is 0 Å². The SMILES string of the molecule is CC(C)(C)C1CCC(C(Cl)Cc2ncc[nH]2)CC1. The van der Waals surface area contributed by atoms with E-state index in [1.165, 1.54) is 25.7 Å². The number of hydrogen-bond donors (Lipinski definition) is 1. The van der Waals surface area contributed by atoms with Crippen LogP contribution >= 0.6 is 11.6 Å². The highest BCUT2D eigenvalue weighted by molar-refractivity contribution is 6.20. The Bertz CT molecular complexity index is 345. The lowest BCUT2D eigenvalue weighted by Gasteiger charge is -2.38. The van der Waals surface area contributed by atoms with E-state index in [1.54, 1.807) is 6.20 Å². The summed E-state index contributed by atoms with van der Waals surface area (Å²) in [7, 11) is 0. The molecule has 1 unspecified atom stereocenters. The Morgan fingerprint density at radius 2 is 2.00 bits per heavy atom. The molecule has 1 aliphatic rings. The van der Waals surface area contributed by atoms with Gasteiger partial charge in [-0.3, -0.25) is 0 Å². The highest BCUT2D eigenvalue weighted by Gasteiger charge is 2.32. The summed E-state index contributed by atoms with van der Waals surface area (Å²) in [5.41, 5.74) is 0.452. The Morgan fingerprint density at radius 3 is 2.50 bits per heavy atom. The molecule has 0 spiro atoms. The molecule has 0 amide bonds. The second kappa shape index (κ2) is 5.64. The average Bonchev–Trinajstić information content (AvgIpc) is 2.81. The van der Waals surface area contributed by atoms with Crippen LogP contribution in [0.2, 0.25) is 0 Å². The Morgan fingerprint density at radius 1 is 1.33 bits per heavy atom. The van der Waals surface area contributed by atoms with E-state index in [2.05, 4.69) is 30.7 Å². The van der Waals surface area contributed by atoms with Crippen molar-refractivity contribution in [3.05, 3.63) is 18.2 Å². The molecule has 1 heterocycles. The second-order valence-electron chi connectivity index (χ2n) is 6.73. The molecule has 0 bridgehead atoms. The van der Waals surface area contributed by atoms with Crippen molar-refractivity contribution in [3.8, 4) is 0 Å². The fraction of sp³-hybridized carbons (Fsp3) is 0.800. The van der Waals surface area contributed by atoms with Crippen LogP contribution in [0.15, 0.2) is 12.4 Å². The van der Waals surface area contributed by atoms with Crippen molar-refractivity contribution in [1.29, 1.82) is 0 Å². The van der Waals surface area contributed by atoms with Gasteiger partial charge in [-0.15, -0.1) is 11.6 Å². The van der Waals surface area contributed by atoms with Crippen molar-refractivity contribution in [2.45, 2.75) is 58.3 Å². The molecule has 0 aliphatic heterocycles. The molecular weight excluding hydrogens is 244 g/mol. The van der Waals surface area contributed by atoms with Crippen molar-refractivity contribution in [2.75, 3.05) is 0 Å². The van der Waals surface area contributed by atoms with Gasteiger partial charge in [0.25, 0.3) is 0 Å². The van der Waals surface area contributed by atoms with Gasteiger partial charge in [0.1, 0.15) is 5.82 Å². The number of H-pyrrole nitrogens is 1. The zero-order valence-corrected chi connectivity index (χ0v) is 12.5. The summed E-state index contributed by atoms with van der Waals surface area (Å²) in [4.78, 5) is 7.41. The molecule has 1 fully saturated rings. The van der Waals surface area contributed by atoms with Gasteiger partial charge in [0.15, 0.2) is 0 Å². The Balaban J connectivity index is 1.82. The molecule has 0 saturated heterocycles. The number of imidazole rings is 1. The number of alkyl halides is 1. The third-order valence-electron chi connectivity index (χ3n) is 4.45. The molecule has 2 nitrogen and oxygen atoms in total. The highest BCUT2D eigenvalue weighted by Crippen LogP contribution is 2.41. The Labute approximate surface area is 116 Å². The predicted molar refractivity (Wildman–Crippen MR) is 76.8 cm³/mol. The molecule has 102 valence electrons.